The van der Waals surface area contributed by atoms with Crippen LogP contribution >= 0.6 is 0 Å². The molecule has 0 fully saturated rings. The number of hydrogen-bond acceptors (Lipinski definition) is 2. The van der Waals surface area contributed by atoms with Crippen LogP contribution in [-0.4, -0.2) is 12.1 Å². The highest BCUT2D eigenvalue weighted by molar-refractivity contribution is 5.42. The zero-order valence-corrected chi connectivity index (χ0v) is 9.68. The van der Waals surface area contributed by atoms with Gasteiger partial charge in [0.15, 0.2) is 0 Å². The molecule has 2 aromatic rings. The molecule has 0 radical (unpaired) electrons. The lowest BCUT2D eigenvalue weighted by Gasteiger charge is -1.98. The molecule has 0 aliphatic rings. The van der Waals surface area contributed by atoms with Gasteiger partial charge in [0, 0.05) is 30.6 Å². The quantitative estimate of drug-likeness (QED) is 0.730. The summed E-state index contributed by atoms with van der Waals surface area (Å²) < 4.78 is 5.06. The molecule has 0 aliphatic carbocycles. The van der Waals surface area contributed by atoms with Gasteiger partial charge in [0.2, 0.25) is 0 Å². The fourth-order valence-electron chi connectivity index (χ4n) is 1.47. The van der Waals surface area contributed by atoms with Crippen molar-refractivity contribution in [1.29, 1.82) is 0 Å². The largest absolute Gasteiger partial charge is 0.380 e. The maximum absolute atomic E-state index is 5.06. The molecule has 1 heterocycles. The number of rotatable bonds is 2. The summed E-state index contributed by atoms with van der Waals surface area (Å²) in [6.07, 6.45) is 3.55. The Labute approximate surface area is 101 Å². The molecule has 1 aromatic carbocycles. The normalized spacial score (nSPS) is 9.47. The van der Waals surface area contributed by atoms with Crippen molar-refractivity contribution in [3.8, 4) is 11.8 Å². The van der Waals surface area contributed by atoms with Crippen molar-refractivity contribution in [3.05, 3.63) is 65.5 Å². The smallest absolute Gasteiger partial charge is 0.0728 e. The molecule has 84 valence electrons. The van der Waals surface area contributed by atoms with Crippen molar-refractivity contribution in [2.45, 2.75) is 6.61 Å². The fourth-order valence-corrected chi connectivity index (χ4v) is 1.47. The molecule has 0 unspecified atom stereocenters. The van der Waals surface area contributed by atoms with E-state index < -0.39 is 0 Å². The predicted octanol–water partition coefficient (Wildman–Crippen LogP) is 2.63. The van der Waals surface area contributed by atoms with Crippen LogP contribution in [0.1, 0.15) is 16.7 Å². The Hall–Kier alpha value is -2.11. The van der Waals surface area contributed by atoms with E-state index in [4.69, 9.17) is 4.74 Å². The summed E-state index contributed by atoms with van der Waals surface area (Å²) >= 11 is 0. The molecule has 0 spiro atoms. The number of benzene rings is 1. The van der Waals surface area contributed by atoms with E-state index in [2.05, 4.69) is 16.8 Å². The van der Waals surface area contributed by atoms with Crippen molar-refractivity contribution in [2.75, 3.05) is 7.11 Å². The second-order valence-electron chi connectivity index (χ2n) is 3.63. The summed E-state index contributed by atoms with van der Waals surface area (Å²) in [5.74, 6) is 6.19. The Bertz CT molecular complexity index is 538. The van der Waals surface area contributed by atoms with Gasteiger partial charge in [-0.2, -0.15) is 0 Å². The minimum Gasteiger partial charge on any atom is -0.380 e. The molecule has 2 heteroatoms. The van der Waals surface area contributed by atoms with Gasteiger partial charge in [0.05, 0.1) is 6.61 Å². The molecule has 0 aliphatic heterocycles. The van der Waals surface area contributed by atoms with E-state index in [1.54, 1.807) is 19.5 Å². The fraction of sp³-hybridized carbons (Fsp3) is 0.133. The third-order valence-electron chi connectivity index (χ3n) is 2.23. The predicted molar refractivity (Wildman–Crippen MR) is 67.4 cm³/mol. The lowest BCUT2D eigenvalue weighted by atomic mass is 10.2. The molecule has 0 saturated carbocycles. The Morgan fingerprint density at radius 2 is 1.82 bits per heavy atom. The summed E-state index contributed by atoms with van der Waals surface area (Å²) in [4.78, 5) is 4.13. The van der Waals surface area contributed by atoms with E-state index in [1.165, 1.54) is 0 Å². The molecule has 17 heavy (non-hydrogen) atoms. The van der Waals surface area contributed by atoms with Gasteiger partial charge in [-0.25, -0.2) is 0 Å². The van der Waals surface area contributed by atoms with E-state index in [0.717, 1.165) is 16.7 Å². The molecular formula is C15H13NO. The average Bonchev–Trinajstić information content (AvgIpc) is 2.39. The number of methoxy groups -OCH3 is 1. The molecule has 0 bridgehead atoms. The van der Waals surface area contributed by atoms with Gasteiger partial charge in [0.25, 0.3) is 0 Å². The molecule has 0 atom stereocenters. The minimum atomic E-state index is 0.563. The monoisotopic (exact) mass is 223 g/mol. The van der Waals surface area contributed by atoms with Gasteiger partial charge in [0.1, 0.15) is 0 Å². The molecule has 0 saturated heterocycles. The number of ether oxygens (including phenoxy) is 1. The minimum absolute atomic E-state index is 0.563. The number of hydrogen-bond donors (Lipinski definition) is 0. The first kappa shape index (κ1) is 11.4. The molecule has 0 N–H and O–H groups in total. The van der Waals surface area contributed by atoms with Crippen LogP contribution in [0.5, 0.6) is 0 Å². The molecular weight excluding hydrogens is 210 g/mol. The van der Waals surface area contributed by atoms with Crippen LogP contribution in [0.15, 0.2) is 48.8 Å². The highest BCUT2D eigenvalue weighted by Crippen LogP contribution is 2.03. The van der Waals surface area contributed by atoms with Gasteiger partial charge in [-0.1, -0.05) is 30.0 Å². The highest BCUT2D eigenvalue weighted by atomic mass is 16.5. The Morgan fingerprint density at radius 1 is 1.06 bits per heavy atom. The Balaban J connectivity index is 2.19. The topological polar surface area (TPSA) is 22.1 Å². The maximum atomic E-state index is 5.06. The van der Waals surface area contributed by atoms with Gasteiger partial charge < -0.3 is 4.74 Å². The van der Waals surface area contributed by atoms with Crippen LogP contribution in [-0.2, 0) is 11.3 Å². The lowest BCUT2D eigenvalue weighted by Crippen LogP contribution is -1.89. The summed E-state index contributed by atoms with van der Waals surface area (Å²) in [5, 5.41) is 0. The SMILES string of the molecule is COCc1cncc(C#Cc2ccccc2)c1. The first-order valence-electron chi connectivity index (χ1n) is 5.38. The van der Waals surface area contributed by atoms with Crippen molar-refractivity contribution < 1.29 is 4.74 Å². The van der Waals surface area contributed by atoms with Crippen LogP contribution in [0, 0.1) is 11.8 Å². The number of aromatic nitrogens is 1. The second-order valence-corrected chi connectivity index (χ2v) is 3.63. The second kappa shape index (κ2) is 5.83. The summed E-state index contributed by atoms with van der Waals surface area (Å²) in [6, 6.07) is 11.9. The third-order valence-corrected chi connectivity index (χ3v) is 2.23. The van der Waals surface area contributed by atoms with Crippen molar-refractivity contribution in [3.63, 3.8) is 0 Å². The van der Waals surface area contributed by atoms with Crippen molar-refractivity contribution in [2.24, 2.45) is 0 Å². The van der Waals surface area contributed by atoms with Crippen LogP contribution in [0.3, 0.4) is 0 Å². The van der Waals surface area contributed by atoms with E-state index in [-0.39, 0.29) is 0 Å². The summed E-state index contributed by atoms with van der Waals surface area (Å²) in [7, 11) is 1.67. The zero-order valence-electron chi connectivity index (χ0n) is 9.68. The van der Waals surface area contributed by atoms with E-state index >= 15 is 0 Å². The summed E-state index contributed by atoms with van der Waals surface area (Å²) in [6.45, 7) is 0.563. The Morgan fingerprint density at radius 3 is 2.59 bits per heavy atom. The van der Waals surface area contributed by atoms with Crippen LogP contribution in [0.25, 0.3) is 0 Å². The van der Waals surface area contributed by atoms with Gasteiger partial charge in [-0.05, 0) is 23.8 Å². The molecule has 0 amide bonds. The van der Waals surface area contributed by atoms with E-state index in [1.807, 2.05) is 36.4 Å². The molecule has 2 rings (SSSR count). The molecule has 1 aromatic heterocycles. The number of nitrogens with zero attached hydrogens (tertiary/aromatic N) is 1. The number of pyridine rings is 1. The highest BCUT2D eigenvalue weighted by Gasteiger charge is 1.93. The third kappa shape index (κ3) is 3.44. The van der Waals surface area contributed by atoms with Gasteiger partial charge in [-0.15, -0.1) is 0 Å². The van der Waals surface area contributed by atoms with E-state index in [9.17, 15) is 0 Å². The molecule has 2 nitrogen and oxygen atoms in total. The first-order valence-corrected chi connectivity index (χ1v) is 5.38. The van der Waals surface area contributed by atoms with Gasteiger partial charge >= 0.3 is 0 Å². The first-order chi connectivity index (χ1) is 8.38. The van der Waals surface area contributed by atoms with Crippen LogP contribution in [0.2, 0.25) is 0 Å². The Kier molecular flexibility index (Phi) is 3.90. The van der Waals surface area contributed by atoms with Crippen molar-refractivity contribution >= 4 is 0 Å². The zero-order chi connectivity index (χ0) is 11.9. The maximum Gasteiger partial charge on any atom is 0.0728 e. The van der Waals surface area contributed by atoms with Crippen molar-refractivity contribution in [1.82, 2.24) is 4.98 Å². The van der Waals surface area contributed by atoms with Crippen LogP contribution < -0.4 is 0 Å². The average molecular weight is 223 g/mol. The van der Waals surface area contributed by atoms with Gasteiger partial charge in [-0.3, -0.25) is 4.98 Å². The standard InChI is InChI=1S/C15H13NO/c1-17-12-15-9-14(10-16-11-15)8-7-13-5-3-2-4-6-13/h2-6,9-11H,12H2,1H3. The lowest BCUT2D eigenvalue weighted by molar-refractivity contribution is 0.184. The summed E-state index contributed by atoms with van der Waals surface area (Å²) in [5.41, 5.74) is 2.94. The van der Waals surface area contributed by atoms with Crippen LogP contribution in [0.4, 0.5) is 0 Å². The van der Waals surface area contributed by atoms with E-state index in [0.29, 0.717) is 6.61 Å².